The monoisotopic (exact) mass is 377 g/mol. The number of para-hydroxylation sites is 1. The molecule has 1 aliphatic rings. The number of nitrogens with zero attached hydrogens (tertiary/aromatic N) is 3. The zero-order valence-electron chi connectivity index (χ0n) is 15.6. The van der Waals surface area contributed by atoms with E-state index in [1.807, 2.05) is 41.3 Å². The van der Waals surface area contributed by atoms with Crippen molar-refractivity contribution in [1.29, 1.82) is 0 Å². The second kappa shape index (κ2) is 8.21. The van der Waals surface area contributed by atoms with Gasteiger partial charge in [-0.3, -0.25) is 9.59 Å². The minimum absolute atomic E-state index is 0.0628. The van der Waals surface area contributed by atoms with Gasteiger partial charge in [0.25, 0.3) is 5.91 Å². The van der Waals surface area contributed by atoms with Gasteiger partial charge in [-0.1, -0.05) is 36.4 Å². The quantitative estimate of drug-likeness (QED) is 0.714. The smallest absolute Gasteiger partial charge is 0.253 e. The summed E-state index contributed by atoms with van der Waals surface area (Å²) in [6.45, 7) is 1.35. The van der Waals surface area contributed by atoms with Crippen LogP contribution in [0.2, 0.25) is 0 Å². The van der Waals surface area contributed by atoms with Crippen LogP contribution >= 0.6 is 0 Å². The molecule has 0 saturated carbocycles. The molecule has 0 bridgehead atoms. The molecule has 0 aliphatic carbocycles. The number of likely N-dealkylation sites (tertiary alicyclic amines) is 1. The van der Waals surface area contributed by atoms with E-state index in [0.29, 0.717) is 36.1 Å². The third kappa shape index (κ3) is 4.03. The summed E-state index contributed by atoms with van der Waals surface area (Å²) in [4.78, 5) is 27.0. The molecule has 1 fully saturated rings. The lowest BCUT2D eigenvalue weighted by molar-refractivity contribution is -0.132. The van der Waals surface area contributed by atoms with Gasteiger partial charge in [-0.05, 0) is 37.0 Å². The molecule has 2 amide bonds. The van der Waals surface area contributed by atoms with Gasteiger partial charge < -0.3 is 10.2 Å². The van der Waals surface area contributed by atoms with E-state index in [-0.39, 0.29) is 17.9 Å². The van der Waals surface area contributed by atoms with Crippen molar-refractivity contribution in [2.75, 3.05) is 13.1 Å². The van der Waals surface area contributed by atoms with Crippen LogP contribution in [-0.2, 0) is 11.2 Å². The summed E-state index contributed by atoms with van der Waals surface area (Å²) in [5.41, 5.74) is 2.95. The molecule has 7 heteroatoms. The summed E-state index contributed by atoms with van der Waals surface area (Å²) >= 11 is 0. The fraction of sp³-hybridized carbons (Fsp3) is 0.333. The number of piperidine rings is 1. The van der Waals surface area contributed by atoms with Gasteiger partial charge in [0.05, 0.1) is 5.56 Å². The van der Waals surface area contributed by atoms with Crippen molar-refractivity contribution in [2.24, 2.45) is 0 Å². The zero-order chi connectivity index (χ0) is 19.3. The van der Waals surface area contributed by atoms with Crippen LogP contribution in [-0.4, -0.2) is 51.3 Å². The van der Waals surface area contributed by atoms with E-state index in [4.69, 9.17) is 0 Å². The number of H-pyrrole nitrogens is 1. The first kappa shape index (κ1) is 18.2. The van der Waals surface area contributed by atoms with Crippen molar-refractivity contribution >= 4 is 22.8 Å². The van der Waals surface area contributed by atoms with E-state index < -0.39 is 0 Å². The van der Waals surface area contributed by atoms with Crippen molar-refractivity contribution in [3.8, 4) is 0 Å². The van der Waals surface area contributed by atoms with E-state index in [1.54, 1.807) is 12.1 Å². The summed E-state index contributed by atoms with van der Waals surface area (Å²) in [6, 6.07) is 15.5. The molecule has 28 heavy (non-hydrogen) atoms. The van der Waals surface area contributed by atoms with Crippen LogP contribution in [0, 0.1) is 0 Å². The molecular formula is C21H23N5O2. The third-order valence-electron chi connectivity index (χ3n) is 5.24. The van der Waals surface area contributed by atoms with E-state index in [1.165, 1.54) is 5.56 Å². The first-order chi connectivity index (χ1) is 13.7. The van der Waals surface area contributed by atoms with Crippen molar-refractivity contribution < 1.29 is 9.59 Å². The number of aromatic amines is 1. The summed E-state index contributed by atoms with van der Waals surface area (Å²) in [5.74, 6) is 0.0364. The highest BCUT2D eigenvalue weighted by Crippen LogP contribution is 2.16. The molecule has 2 aromatic carbocycles. The van der Waals surface area contributed by atoms with Crippen molar-refractivity contribution in [2.45, 2.75) is 31.7 Å². The first-order valence-corrected chi connectivity index (χ1v) is 9.63. The second-order valence-corrected chi connectivity index (χ2v) is 7.11. The van der Waals surface area contributed by atoms with Crippen molar-refractivity contribution in [3.05, 3.63) is 59.7 Å². The fourth-order valence-electron chi connectivity index (χ4n) is 3.64. The van der Waals surface area contributed by atoms with Gasteiger partial charge in [0, 0.05) is 25.6 Å². The minimum Gasteiger partial charge on any atom is -0.349 e. The van der Waals surface area contributed by atoms with Crippen LogP contribution in [0.4, 0.5) is 0 Å². The number of aromatic nitrogens is 3. The average Bonchev–Trinajstić information content (AvgIpc) is 3.22. The molecule has 0 spiro atoms. The number of aryl methyl sites for hydroxylation is 1. The predicted octanol–water partition coefficient (Wildman–Crippen LogP) is 2.31. The topological polar surface area (TPSA) is 91.0 Å². The molecule has 3 aromatic rings. The van der Waals surface area contributed by atoms with Crippen molar-refractivity contribution in [1.82, 2.24) is 25.6 Å². The highest BCUT2D eigenvalue weighted by atomic mass is 16.2. The maximum atomic E-state index is 12.6. The molecule has 7 nitrogen and oxygen atoms in total. The number of carbonyl (C=O) groups excluding carboxylic acids is 2. The molecule has 0 radical (unpaired) electrons. The van der Waals surface area contributed by atoms with Crippen LogP contribution in [0.3, 0.4) is 0 Å². The van der Waals surface area contributed by atoms with E-state index >= 15 is 0 Å². The Morgan fingerprint density at radius 3 is 2.61 bits per heavy atom. The third-order valence-corrected chi connectivity index (χ3v) is 5.24. The Hall–Kier alpha value is -3.22. The Morgan fingerprint density at radius 1 is 1.04 bits per heavy atom. The molecule has 1 aromatic heterocycles. The largest absolute Gasteiger partial charge is 0.349 e. The molecule has 144 valence electrons. The Kier molecular flexibility index (Phi) is 5.32. The van der Waals surface area contributed by atoms with Gasteiger partial charge in [0.15, 0.2) is 0 Å². The summed E-state index contributed by atoms with van der Waals surface area (Å²) < 4.78 is 0. The van der Waals surface area contributed by atoms with E-state index in [9.17, 15) is 9.59 Å². The molecule has 0 unspecified atom stereocenters. The van der Waals surface area contributed by atoms with Crippen LogP contribution < -0.4 is 5.32 Å². The number of fused-ring (bicyclic) bond motifs is 1. The Bertz CT molecular complexity index is 961. The van der Waals surface area contributed by atoms with Gasteiger partial charge >= 0.3 is 0 Å². The van der Waals surface area contributed by atoms with Crippen molar-refractivity contribution in [3.63, 3.8) is 0 Å². The number of amides is 2. The lowest BCUT2D eigenvalue weighted by atomic mass is 10.0. The molecule has 2 heterocycles. The number of hydrogen-bond acceptors (Lipinski definition) is 4. The maximum absolute atomic E-state index is 12.6. The number of nitrogens with one attached hydrogen (secondary N) is 2. The molecule has 0 atom stereocenters. The van der Waals surface area contributed by atoms with E-state index in [2.05, 4.69) is 20.7 Å². The number of benzene rings is 2. The summed E-state index contributed by atoms with van der Waals surface area (Å²) in [7, 11) is 0. The standard InChI is InChI=1S/C21H23N5O2/c27-19(10-9-15-5-2-1-3-6-15)26-13-11-16(12-14-26)22-21(28)17-7-4-8-18-20(17)24-25-23-18/h1-8,16H,9-14H2,(H,22,28)(H,23,24,25). The van der Waals surface area contributed by atoms with E-state index in [0.717, 1.165) is 19.3 Å². The number of hydrogen-bond donors (Lipinski definition) is 2. The highest BCUT2D eigenvalue weighted by Gasteiger charge is 2.24. The summed E-state index contributed by atoms with van der Waals surface area (Å²) in [5, 5.41) is 13.7. The SMILES string of the molecule is O=C(NC1CCN(C(=O)CCc2ccccc2)CC1)c1cccc2n[nH]nc12. The van der Waals surface area contributed by atoms with Crippen LogP contribution in [0.15, 0.2) is 48.5 Å². The molecule has 2 N–H and O–H groups in total. The van der Waals surface area contributed by atoms with Gasteiger partial charge in [0.2, 0.25) is 5.91 Å². The lowest BCUT2D eigenvalue weighted by Gasteiger charge is -2.32. The Balaban J connectivity index is 1.27. The van der Waals surface area contributed by atoms with Gasteiger partial charge in [0.1, 0.15) is 11.0 Å². The lowest BCUT2D eigenvalue weighted by Crippen LogP contribution is -2.46. The zero-order valence-corrected chi connectivity index (χ0v) is 15.6. The average molecular weight is 377 g/mol. The molecular weight excluding hydrogens is 354 g/mol. The second-order valence-electron chi connectivity index (χ2n) is 7.11. The highest BCUT2D eigenvalue weighted by molar-refractivity contribution is 6.04. The fourth-order valence-corrected chi connectivity index (χ4v) is 3.64. The minimum atomic E-state index is -0.145. The normalized spacial score (nSPS) is 14.9. The number of rotatable bonds is 5. The van der Waals surface area contributed by atoms with Gasteiger partial charge in [-0.2, -0.15) is 15.4 Å². The molecule has 4 rings (SSSR count). The summed E-state index contributed by atoms with van der Waals surface area (Å²) in [6.07, 6.45) is 2.81. The Labute approximate surface area is 163 Å². The first-order valence-electron chi connectivity index (χ1n) is 9.63. The number of carbonyl (C=O) groups is 2. The predicted molar refractivity (Wildman–Crippen MR) is 106 cm³/mol. The van der Waals surface area contributed by atoms with Crippen LogP contribution in [0.1, 0.15) is 35.2 Å². The van der Waals surface area contributed by atoms with Gasteiger partial charge in [-0.15, -0.1) is 0 Å². The van der Waals surface area contributed by atoms with Crippen LogP contribution in [0.5, 0.6) is 0 Å². The molecule has 1 aliphatic heterocycles. The molecule has 1 saturated heterocycles. The Morgan fingerprint density at radius 2 is 1.82 bits per heavy atom. The van der Waals surface area contributed by atoms with Gasteiger partial charge in [-0.25, -0.2) is 0 Å². The maximum Gasteiger partial charge on any atom is 0.253 e. The van der Waals surface area contributed by atoms with Crippen LogP contribution in [0.25, 0.3) is 11.0 Å².